The second-order valence-corrected chi connectivity index (χ2v) is 10.3. The van der Waals surface area contributed by atoms with Gasteiger partial charge in [-0.05, 0) is 67.6 Å². The lowest BCUT2D eigenvalue weighted by molar-refractivity contribution is -0.117. The van der Waals surface area contributed by atoms with Crippen molar-refractivity contribution in [2.75, 3.05) is 5.32 Å². The summed E-state index contributed by atoms with van der Waals surface area (Å²) >= 11 is 6.25. The number of hydrogen-bond acceptors (Lipinski definition) is 5. The zero-order valence-electron chi connectivity index (χ0n) is 17.5. The van der Waals surface area contributed by atoms with Crippen molar-refractivity contribution >= 4 is 33.2 Å². The van der Waals surface area contributed by atoms with Crippen molar-refractivity contribution < 1.29 is 17.6 Å². The lowest BCUT2D eigenvalue weighted by Gasteiger charge is -2.14. The number of hydrogen-bond donors (Lipinski definition) is 1. The molecule has 0 bridgehead atoms. The Morgan fingerprint density at radius 2 is 1.94 bits per heavy atom. The minimum Gasteiger partial charge on any atom is -0.310 e. The normalized spacial score (nSPS) is 13.8. The molecule has 2 aromatic heterocycles. The molecular formula is C23H21ClFN3O3S. The molecule has 166 valence electrons. The molecule has 1 amide bonds. The number of nitrogens with zero attached hydrogens (tertiary/aromatic N) is 2. The molecule has 0 aliphatic heterocycles. The average Bonchev–Trinajstić information content (AvgIpc) is 3.56. The second kappa shape index (κ2) is 8.60. The molecule has 0 saturated heterocycles. The number of aryl methyl sites for hydroxylation is 1. The topological polar surface area (TPSA) is 89.0 Å². The van der Waals surface area contributed by atoms with Gasteiger partial charge in [0.25, 0.3) is 0 Å². The van der Waals surface area contributed by atoms with Crippen molar-refractivity contribution in [2.45, 2.75) is 37.3 Å². The quantitative estimate of drug-likeness (QED) is 0.515. The molecule has 1 N–H and O–H groups in total. The van der Waals surface area contributed by atoms with Gasteiger partial charge in [-0.2, -0.15) is 0 Å². The van der Waals surface area contributed by atoms with Gasteiger partial charge in [0.1, 0.15) is 21.7 Å². The van der Waals surface area contributed by atoms with E-state index in [-0.39, 0.29) is 21.9 Å². The van der Waals surface area contributed by atoms with E-state index in [1.54, 1.807) is 44.4 Å². The molecule has 1 aliphatic carbocycles. The molecule has 6 nitrogen and oxygen atoms in total. The number of aromatic nitrogens is 2. The Bertz CT molecular complexity index is 1320. The van der Waals surface area contributed by atoms with Crippen molar-refractivity contribution in [3.05, 3.63) is 70.4 Å². The van der Waals surface area contributed by atoms with Gasteiger partial charge in [-0.25, -0.2) is 22.8 Å². The Morgan fingerprint density at radius 3 is 2.62 bits per heavy atom. The number of halogens is 2. The van der Waals surface area contributed by atoms with Gasteiger partial charge in [0.05, 0.1) is 5.75 Å². The van der Waals surface area contributed by atoms with E-state index in [0.717, 1.165) is 12.8 Å². The largest absolute Gasteiger partial charge is 0.310 e. The molecular weight excluding hydrogens is 453 g/mol. The standard InChI is InChI=1S/C23H21ClFN3O3S/c1-13-3-6-20(19(25)9-13)32(30,31)12-18-14(2)17(11-27-22(18)24)16-7-8-26-21(10-16)28-23(29)15-4-5-15/h3,6-11,15H,4-5,12H2,1-2H3,(H,26,28,29). The van der Waals surface area contributed by atoms with Crippen LogP contribution >= 0.6 is 11.6 Å². The first-order chi connectivity index (χ1) is 15.2. The van der Waals surface area contributed by atoms with Gasteiger partial charge in [-0.1, -0.05) is 17.7 Å². The molecule has 0 unspecified atom stereocenters. The molecule has 32 heavy (non-hydrogen) atoms. The Kier molecular flexibility index (Phi) is 6.01. The lowest BCUT2D eigenvalue weighted by atomic mass is 10.0. The number of pyridine rings is 2. The second-order valence-electron chi connectivity index (χ2n) is 7.95. The highest BCUT2D eigenvalue weighted by molar-refractivity contribution is 7.90. The zero-order valence-corrected chi connectivity index (χ0v) is 19.1. The van der Waals surface area contributed by atoms with Crippen LogP contribution in [0.4, 0.5) is 10.2 Å². The third kappa shape index (κ3) is 4.66. The first-order valence-electron chi connectivity index (χ1n) is 10.1. The molecule has 1 aromatic carbocycles. The predicted molar refractivity (Wildman–Crippen MR) is 121 cm³/mol. The Balaban J connectivity index is 1.68. The van der Waals surface area contributed by atoms with Crippen molar-refractivity contribution in [3.63, 3.8) is 0 Å². The first-order valence-corrected chi connectivity index (χ1v) is 12.1. The van der Waals surface area contributed by atoms with Gasteiger partial charge < -0.3 is 5.32 Å². The molecule has 0 radical (unpaired) electrons. The van der Waals surface area contributed by atoms with E-state index in [1.165, 1.54) is 12.1 Å². The number of anilines is 1. The van der Waals surface area contributed by atoms with Crippen molar-refractivity contribution in [1.82, 2.24) is 9.97 Å². The molecule has 3 aromatic rings. The van der Waals surface area contributed by atoms with Gasteiger partial charge in [-0.15, -0.1) is 0 Å². The maximum Gasteiger partial charge on any atom is 0.228 e. The zero-order chi connectivity index (χ0) is 23.0. The number of carbonyl (C=O) groups is 1. The molecule has 0 spiro atoms. The van der Waals surface area contributed by atoms with Gasteiger partial charge in [-0.3, -0.25) is 4.79 Å². The summed E-state index contributed by atoms with van der Waals surface area (Å²) in [5.74, 6) is -0.905. The monoisotopic (exact) mass is 473 g/mol. The molecule has 0 atom stereocenters. The van der Waals surface area contributed by atoms with E-state index >= 15 is 0 Å². The fourth-order valence-electron chi connectivity index (χ4n) is 3.44. The van der Waals surface area contributed by atoms with Crippen LogP contribution < -0.4 is 5.32 Å². The lowest BCUT2D eigenvalue weighted by Crippen LogP contribution is -2.14. The predicted octanol–water partition coefficient (Wildman–Crippen LogP) is 4.88. The SMILES string of the molecule is Cc1ccc(S(=O)(=O)Cc2c(Cl)ncc(-c3ccnc(NC(=O)C4CC4)c3)c2C)c(F)c1. The minimum absolute atomic E-state index is 0.0402. The van der Waals surface area contributed by atoms with E-state index in [1.807, 2.05) is 0 Å². The molecule has 1 saturated carbocycles. The van der Waals surface area contributed by atoms with Crippen LogP contribution in [0.1, 0.15) is 29.5 Å². The number of benzene rings is 1. The summed E-state index contributed by atoms with van der Waals surface area (Å²) in [6.07, 6.45) is 4.86. The summed E-state index contributed by atoms with van der Waals surface area (Å²) in [5, 5.41) is 2.84. The molecule has 9 heteroatoms. The highest BCUT2D eigenvalue weighted by Gasteiger charge is 2.30. The third-order valence-electron chi connectivity index (χ3n) is 5.44. The summed E-state index contributed by atoms with van der Waals surface area (Å²) in [5.41, 5.74) is 2.87. The van der Waals surface area contributed by atoms with Crippen LogP contribution in [-0.4, -0.2) is 24.3 Å². The number of amides is 1. The smallest absolute Gasteiger partial charge is 0.228 e. The van der Waals surface area contributed by atoms with Gasteiger partial charge in [0.2, 0.25) is 5.91 Å². The Labute approximate surface area is 190 Å². The summed E-state index contributed by atoms with van der Waals surface area (Å²) < 4.78 is 40.2. The summed E-state index contributed by atoms with van der Waals surface area (Å²) in [6.45, 7) is 3.42. The number of carbonyl (C=O) groups excluding carboxylic acids is 1. The number of nitrogens with one attached hydrogen (secondary N) is 1. The van der Waals surface area contributed by atoms with Crippen LogP contribution in [0.15, 0.2) is 47.6 Å². The fourth-order valence-corrected chi connectivity index (χ4v) is 5.29. The van der Waals surface area contributed by atoms with Crippen LogP contribution in [0.5, 0.6) is 0 Å². The van der Waals surface area contributed by atoms with E-state index < -0.39 is 21.4 Å². The van der Waals surface area contributed by atoms with Crippen LogP contribution in [0.2, 0.25) is 5.15 Å². The third-order valence-corrected chi connectivity index (χ3v) is 7.44. The average molecular weight is 474 g/mol. The minimum atomic E-state index is -4.00. The van der Waals surface area contributed by atoms with E-state index in [9.17, 15) is 17.6 Å². The maximum absolute atomic E-state index is 14.3. The van der Waals surface area contributed by atoms with Crippen LogP contribution in [0.25, 0.3) is 11.1 Å². The van der Waals surface area contributed by atoms with Crippen LogP contribution in [0.3, 0.4) is 0 Å². The molecule has 4 rings (SSSR count). The van der Waals surface area contributed by atoms with E-state index in [2.05, 4.69) is 15.3 Å². The Hall–Kier alpha value is -2.84. The first kappa shape index (κ1) is 22.4. The maximum atomic E-state index is 14.3. The summed E-state index contributed by atoms with van der Waals surface area (Å²) in [6, 6.07) is 7.44. The summed E-state index contributed by atoms with van der Waals surface area (Å²) in [4.78, 5) is 20.0. The van der Waals surface area contributed by atoms with E-state index in [4.69, 9.17) is 11.6 Å². The Morgan fingerprint density at radius 1 is 1.19 bits per heavy atom. The fraction of sp³-hybridized carbons (Fsp3) is 0.261. The summed E-state index contributed by atoms with van der Waals surface area (Å²) in [7, 11) is -4.00. The number of rotatable bonds is 6. The molecule has 1 fully saturated rings. The van der Waals surface area contributed by atoms with Crippen molar-refractivity contribution in [1.29, 1.82) is 0 Å². The van der Waals surface area contributed by atoms with Crippen molar-refractivity contribution in [3.8, 4) is 11.1 Å². The van der Waals surface area contributed by atoms with E-state index in [0.29, 0.717) is 33.6 Å². The molecule has 2 heterocycles. The highest BCUT2D eigenvalue weighted by atomic mass is 35.5. The molecule has 1 aliphatic rings. The van der Waals surface area contributed by atoms with Crippen LogP contribution in [0, 0.1) is 25.6 Å². The highest BCUT2D eigenvalue weighted by Crippen LogP contribution is 2.33. The van der Waals surface area contributed by atoms with Gasteiger partial charge >= 0.3 is 0 Å². The van der Waals surface area contributed by atoms with Gasteiger partial charge in [0, 0.05) is 29.4 Å². The number of sulfone groups is 1. The van der Waals surface area contributed by atoms with Gasteiger partial charge in [0.15, 0.2) is 9.84 Å². The van der Waals surface area contributed by atoms with Crippen LogP contribution in [-0.2, 0) is 20.4 Å². The van der Waals surface area contributed by atoms with Crippen molar-refractivity contribution in [2.24, 2.45) is 5.92 Å².